The van der Waals surface area contributed by atoms with Crippen molar-refractivity contribution in [2.75, 3.05) is 11.9 Å². The first-order valence-electron chi connectivity index (χ1n) is 9.40. The highest BCUT2D eigenvalue weighted by molar-refractivity contribution is 5.97. The predicted molar refractivity (Wildman–Crippen MR) is 117 cm³/mol. The monoisotopic (exact) mass is 389 g/mol. The van der Waals surface area contributed by atoms with Crippen LogP contribution in [-0.2, 0) is 4.79 Å². The summed E-state index contributed by atoms with van der Waals surface area (Å²) in [5.74, 6) is -0.338. The van der Waals surface area contributed by atoms with Gasteiger partial charge < -0.3 is 16.5 Å². The van der Waals surface area contributed by atoms with E-state index in [1.807, 2.05) is 31.2 Å². The second-order valence-corrected chi connectivity index (χ2v) is 7.09. The Labute approximate surface area is 170 Å². The highest BCUT2D eigenvalue weighted by Gasteiger charge is 2.12. The number of carbonyl (C=O) groups excluding carboxylic acids is 1. The highest BCUT2D eigenvalue weighted by Crippen LogP contribution is 2.32. The van der Waals surface area contributed by atoms with Crippen LogP contribution in [0, 0.1) is 24.1 Å². The standard InChI is InChI=1S/C24H24FN3O/c1-15-11-18(8-10-22(15)25)16(2)21(9-5-17-3-4-17)19-6-7-20(13-26)23(12-19)28-14-24(27)29/h3-13,17,26,28H,14H2,1-2H3,(H2,27,29)/b9-5-,21-16-,26-13?. The van der Waals surface area contributed by atoms with E-state index in [1.54, 1.807) is 13.0 Å². The molecule has 1 amide bonds. The fraction of sp³-hybridized carbons (Fsp3) is 0.167. The van der Waals surface area contributed by atoms with Gasteiger partial charge in [0, 0.05) is 23.4 Å². The van der Waals surface area contributed by atoms with Crippen LogP contribution in [0.3, 0.4) is 0 Å². The van der Waals surface area contributed by atoms with Crippen molar-refractivity contribution in [3.8, 4) is 0 Å². The van der Waals surface area contributed by atoms with Crippen LogP contribution >= 0.6 is 0 Å². The first kappa shape index (κ1) is 20.3. The second kappa shape index (κ2) is 8.69. The molecule has 2 aromatic carbocycles. The zero-order valence-electron chi connectivity index (χ0n) is 16.5. The molecule has 2 aromatic rings. The normalized spacial score (nSPS) is 14.0. The Hall–Kier alpha value is -3.47. The van der Waals surface area contributed by atoms with Gasteiger partial charge in [0.1, 0.15) is 5.82 Å². The molecule has 3 rings (SSSR count). The number of allylic oxidation sites excluding steroid dienone is 6. The van der Waals surface area contributed by atoms with E-state index in [0.29, 0.717) is 22.7 Å². The van der Waals surface area contributed by atoms with E-state index in [4.69, 9.17) is 11.1 Å². The van der Waals surface area contributed by atoms with Crippen LogP contribution < -0.4 is 11.1 Å². The van der Waals surface area contributed by atoms with Gasteiger partial charge in [-0.2, -0.15) is 0 Å². The number of primary amides is 1. The minimum Gasteiger partial charge on any atom is -0.376 e. The number of halogens is 1. The lowest BCUT2D eigenvalue weighted by molar-refractivity contribution is -0.116. The average Bonchev–Trinajstić information content (AvgIpc) is 3.53. The Morgan fingerprint density at radius 3 is 2.55 bits per heavy atom. The summed E-state index contributed by atoms with van der Waals surface area (Å²) in [6, 6.07) is 10.8. The number of nitrogens with one attached hydrogen (secondary N) is 2. The van der Waals surface area contributed by atoms with Gasteiger partial charge in [-0.1, -0.05) is 42.5 Å². The van der Waals surface area contributed by atoms with E-state index in [0.717, 1.165) is 22.3 Å². The van der Waals surface area contributed by atoms with E-state index < -0.39 is 5.91 Å². The quantitative estimate of drug-likeness (QED) is 0.265. The SMILES string of the molecule is C/C(=C(\C=C/C1C=C1)c1ccc(C=N)c(NCC(N)=O)c1)c1ccc(F)c(C)c1. The van der Waals surface area contributed by atoms with Crippen molar-refractivity contribution in [3.63, 3.8) is 0 Å². The summed E-state index contributed by atoms with van der Waals surface area (Å²) in [4.78, 5) is 11.2. The van der Waals surface area contributed by atoms with Gasteiger partial charge in [-0.3, -0.25) is 4.79 Å². The van der Waals surface area contributed by atoms with Crippen LogP contribution in [-0.4, -0.2) is 18.7 Å². The Morgan fingerprint density at radius 1 is 1.21 bits per heavy atom. The summed E-state index contributed by atoms with van der Waals surface area (Å²) in [5, 5.41) is 10.6. The molecule has 29 heavy (non-hydrogen) atoms. The number of rotatable bonds is 8. The number of nitrogens with two attached hydrogens (primary N) is 1. The third kappa shape index (κ3) is 5.08. The van der Waals surface area contributed by atoms with Gasteiger partial charge in [0.05, 0.1) is 6.54 Å². The van der Waals surface area contributed by atoms with Gasteiger partial charge in [-0.05, 0) is 59.9 Å². The van der Waals surface area contributed by atoms with Crippen LogP contribution in [0.5, 0.6) is 0 Å². The van der Waals surface area contributed by atoms with Crippen LogP contribution in [0.4, 0.5) is 10.1 Å². The summed E-state index contributed by atoms with van der Waals surface area (Å²) >= 11 is 0. The molecule has 148 valence electrons. The van der Waals surface area contributed by atoms with E-state index in [1.165, 1.54) is 12.3 Å². The molecule has 0 heterocycles. The lowest BCUT2D eigenvalue weighted by Crippen LogP contribution is -2.22. The van der Waals surface area contributed by atoms with E-state index in [-0.39, 0.29) is 12.4 Å². The number of benzene rings is 2. The molecule has 0 atom stereocenters. The summed E-state index contributed by atoms with van der Waals surface area (Å²) in [7, 11) is 0. The molecule has 0 radical (unpaired) electrons. The first-order chi connectivity index (χ1) is 13.9. The molecule has 4 N–H and O–H groups in total. The number of hydrogen-bond donors (Lipinski definition) is 3. The van der Waals surface area contributed by atoms with Crippen LogP contribution in [0.1, 0.15) is 29.2 Å². The van der Waals surface area contributed by atoms with E-state index in [9.17, 15) is 9.18 Å². The molecule has 0 aliphatic heterocycles. The van der Waals surface area contributed by atoms with Crippen molar-refractivity contribution in [3.05, 3.63) is 88.8 Å². The van der Waals surface area contributed by atoms with Crippen LogP contribution in [0.25, 0.3) is 11.1 Å². The number of aryl methyl sites for hydroxylation is 1. The smallest absolute Gasteiger partial charge is 0.236 e. The molecular weight excluding hydrogens is 365 g/mol. The Kier molecular flexibility index (Phi) is 6.07. The number of amides is 1. The first-order valence-corrected chi connectivity index (χ1v) is 9.40. The second-order valence-electron chi connectivity index (χ2n) is 7.09. The van der Waals surface area contributed by atoms with Gasteiger partial charge in [0.15, 0.2) is 0 Å². The predicted octanol–water partition coefficient (Wildman–Crippen LogP) is 4.70. The van der Waals surface area contributed by atoms with Crippen molar-refractivity contribution in [1.82, 2.24) is 0 Å². The summed E-state index contributed by atoms with van der Waals surface area (Å²) < 4.78 is 13.7. The van der Waals surface area contributed by atoms with Crippen molar-refractivity contribution >= 4 is 29.0 Å². The van der Waals surface area contributed by atoms with Crippen molar-refractivity contribution < 1.29 is 9.18 Å². The van der Waals surface area contributed by atoms with Gasteiger partial charge in [0.25, 0.3) is 0 Å². The summed E-state index contributed by atoms with van der Waals surface area (Å²) in [5.41, 5.74) is 11.0. The minimum atomic E-state index is -0.472. The number of carbonyl (C=O) groups is 1. The van der Waals surface area contributed by atoms with Gasteiger partial charge in [-0.25, -0.2) is 4.39 Å². The Bertz CT molecular complexity index is 1040. The number of anilines is 1. The van der Waals surface area contributed by atoms with Gasteiger partial charge in [0.2, 0.25) is 5.91 Å². The summed E-state index contributed by atoms with van der Waals surface area (Å²) in [6.45, 7) is 3.75. The highest BCUT2D eigenvalue weighted by atomic mass is 19.1. The molecule has 0 saturated heterocycles. The Morgan fingerprint density at radius 2 is 1.93 bits per heavy atom. The molecule has 1 aliphatic carbocycles. The third-order valence-electron chi connectivity index (χ3n) is 4.87. The largest absolute Gasteiger partial charge is 0.376 e. The molecule has 0 saturated carbocycles. The van der Waals surface area contributed by atoms with Crippen molar-refractivity contribution in [2.45, 2.75) is 13.8 Å². The fourth-order valence-electron chi connectivity index (χ4n) is 3.06. The molecule has 4 nitrogen and oxygen atoms in total. The number of hydrogen-bond acceptors (Lipinski definition) is 3. The average molecular weight is 389 g/mol. The molecule has 0 aromatic heterocycles. The maximum absolute atomic E-state index is 13.7. The van der Waals surface area contributed by atoms with E-state index >= 15 is 0 Å². The lowest BCUT2D eigenvalue weighted by atomic mass is 9.93. The van der Waals surface area contributed by atoms with Crippen LogP contribution in [0.2, 0.25) is 0 Å². The lowest BCUT2D eigenvalue weighted by Gasteiger charge is -2.14. The fourth-order valence-corrected chi connectivity index (χ4v) is 3.06. The van der Waals surface area contributed by atoms with Gasteiger partial charge >= 0.3 is 0 Å². The molecule has 0 unspecified atom stereocenters. The maximum atomic E-state index is 13.7. The maximum Gasteiger partial charge on any atom is 0.236 e. The van der Waals surface area contributed by atoms with Crippen molar-refractivity contribution in [2.24, 2.45) is 11.7 Å². The zero-order valence-corrected chi connectivity index (χ0v) is 16.5. The Balaban J connectivity index is 2.08. The minimum absolute atomic E-state index is 0.0126. The molecule has 5 heteroatoms. The third-order valence-corrected chi connectivity index (χ3v) is 4.87. The zero-order chi connectivity index (χ0) is 21.0. The van der Waals surface area contributed by atoms with Gasteiger partial charge in [-0.15, -0.1) is 0 Å². The molecule has 1 aliphatic rings. The molecule has 0 fully saturated rings. The van der Waals surface area contributed by atoms with Crippen LogP contribution in [0.15, 0.2) is 60.7 Å². The summed E-state index contributed by atoms with van der Waals surface area (Å²) in [6.07, 6.45) is 9.61. The topological polar surface area (TPSA) is 79.0 Å². The molecule has 0 bridgehead atoms. The molecular formula is C24H24FN3O. The molecule has 0 spiro atoms. The van der Waals surface area contributed by atoms with Crippen molar-refractivity contribution in [1.29, 1.82) is 5.41 Å². The van der Waals surface area contributed by atoms with E-state index in [2.05, 4.69) is 29.6 Å².